The van der Waals surface area contributed by atoms with Gasteiger partial charge in [0.25, 0.3) is 0 Å². The van der Waals surface area contributed by atoms with Gasteiger partial charge in [0.15, 0.2) is 0 Å². The summed E-state index contributed by atoms with van der Waals surface area (Å²) in [4.78, 5) is 24.4. The van der Waals surface area contributed by atoms with Gasteiger partial charge < -0.3 is 14.8 Å². The second-order valence-corrected chi connectivity index (χ2v) is 6.25. The number of hydrogen-bond donors (Lipinski definition) is 2. The summed E-state index contributed by atoms with van der Waals surface area (Å²) in [5, 5.41) is 13.2. The topological polar surface area (TPSA) is 79.5 Å². The maximum Gasteiger partial charge on any atom is 0.340 e. The van der Waals surface area contributed by atoms with Crippen LogP contribution in [0.1, 0.15) is 43.2 Å². The molecule has 3 rings (SSSR count). The zero-order valence-corrected chi connectivity index (χ0v) is 13.2. The second-order valence-electron chi connectivity index (χ2n) is 6.25. The lowest BCUT2D eigenvalue weighted by Gasteiger charge is -2.22. The van der Waals surface area contributed by atoms with Gasteiger partial charge in [-0.25, -0.2) is 4.79 Å². The number of amides is 1. The van der Waals surface area contributed by atoms with E-state index in [0.29, 0.717) is 11.1 Å². The van der Waals surface area contributed by atoms with Crippen LogP contribution in [-0.4, -0.2) is 17.1 Å². The predicted octanol–water partition coefficient (Wildman–Crippen LogP) is 2.80. The minimum Gasteiger partial charge on any atom is -0.508 e. The molecule has 122 valence electrons. The Labute approximate surface area is 134 Å². The minimum atomic E-state index is -0.514. The Morgan fingerprint density at radius 2 is 2.04 bits per heavy atom. The quantitative estimate of drug-likeness (QED) is 0.854. The highest BCUT2D eigenvalue weighted by atomic mass is 16.4. The summed E-state index contributed by atoms with van der Waals surface area (Å²) in [6, 6.07) is 4.88. The number of phenols is 1. The summed E-state index contributed by atoms with van der Waals surface area (Å²) in [6.07, 6.45) is 5.57. The van der Waals surface area contributed by atoms with E-state index in [1.54, 1.807) is 19.1 Å². The maximum absolute atomic E-state index is 12.2. The molecule has 0 saturated heterocycles. The molecule has 5 heteroatoms. The Morgan fingerprint density at radius 1 is 1.30 bits per heavy atom. The number of hydrogen-bond acceptors (Lipinski definition) is 4. The summed E-state index contributed by atoms with van der Waals surface area (Å²) >= 11 is 0. The van der Waals surface area contributed by atoms with Crippen LogP contribution < -0.4 is 10.9 Å². The average molecular weight is 315 g/mol. The fourth-order valence-corrected chi connectivity index (χ4v) is 3.27. The van der Waals surface area contributed by atoms with Gasteiger partial charge in [-0.2, -0.15) is 0 Å². The molecule has 0 spiro atoms. The van der Waals surface area contributed by atoms with Gasteiger partial charge in [0.2, 0.25) is 5.91 Å². The highest BCUT2D eigenvalue weighted by molar-refractivity contribution is 5.85. The first-order valence-electron chi connectivity index (χ1n) is 8.09. The van der Waals surface area contributed by atoms with Crippen LogP contribution in [-0.2, 0) is 11.2 Å². The molecular weight excluding hydrogens is 294 g/mol. The van der Waals surface area contributed by atoms with E-state index < -0.39 is 5.63 Å². The molecule has 1 aliphatic carbocycles. The monoisotopic (exact) mass is 315 g/mol. The molecule has 0 atom stereocenters. The number of phenolic OH excluding ortho intramolecular Hbond substituents is 1. The number of carbonyl (C=O) groups is 1. The van der Waals surface area contributed by atoms with Gasteiger partial charge in [-0.15, -0.1) is 0 Å². The SMILES string of the molecule is Cc1c(CC(=O)NC2CCCCC2)c(=O)oc2cc(O)ccc12. The normalized spacial score (nSPS) is 15.7. The molecule has 0 radical (unpaired) electrons. The van der Waals surface area contributed by atoms with E-state index in [9.17, 15) is 14.7 Å². The Bertz CT molecular complexity index is 787. The van der Waals surface area contributed by atoms with E-state index in [-0.39, 0.29) is 24.1 Å². The molecular formula is C18H21NO4. The number of benzene rings is 1. The van der Waals surface area contributed by atoms with Crippen LogP contribution in [0.15, 0.2) is 27.4 Å². The maximum atomic E-state index is 12.2. The van der Waals surface area contributed by atoms with E-state index in [1.165, 1.54) is 12.5 Å². The zero-order chi connectivity index (χ0) is 16.4. The lowest BCUT2D eigenvalue weighted by Crippen LogP contribution is -2.37. The summed E-state index contributed by atoms with van der Waals surface area (Å²) < 4.78 is 5.25. The second kappa shape index (κ2) is 6.44. The third-order valence-corrected chi connectivity index (χ3v) is 4.58. The Kier molecular flexibility index (Phi) is 4.37. The Balaban J connectivity index is 1.83. The average Bonchev–Trinajstić information content (AvgIpc) is 2.52. The van der Waals surface area contributed by atoms with Crippen molar-refractivity contribution in [3.05, 3.63) is 39.7 Å². The smallest absolute Gasteiger partial charge is 0.340 e. The first-order valence-corrected chi connectivity index (χ1v) is 8.09. The van der Waals surface area contributed by atoms with Crippen molar-refractivity contribution in [1.82, 2.24) is 5.32 Å². The van der Waals surface area contributed by atoms with E-state index in [2.05, 4.69) is 5.32 Å². The molecule has 1 heterocycles. The van der Waals surface area contributed by atoms with Crippen molar-refractivity contribution in [3.8, 4) is 5.75 Å². The van der Waals surface area contributed by atoms with E-state index >= 15 is 0 Å². The van der Waals surface area contributed by atoms with E-state index in [4.69, 9.17) is 4.42 Å². The summed E-state index contributed by atoms with van der Waals surface area (Å²) in [5.41, 5.74) is 0.940. The fraction of sp³-hybridized carbons (Fsp3) is 0.444. The van der Waals surface area contributed by atoms with Crippen LogP contribution in [0.25, 0.3) is 11.0 Å². The van der Waals surface area contributed by atoms with Crippen molar-refractivity contribution in [2.24, 2.45) is 0 Å². The third-order valence-electron chi connectivity index (χ3n) is 4.58. The predicted molar refractivity (Wildman–Crippen MR) is 87.6 cm³/mol. The van der Waals surface area contributed by atoms with Crippen molar-refractivity contribution < 1.29 is 14.3 Å². The molecule has 1 fully saturated rings. The van der Waals surface area contributed by atoms with Crippen molar-refractivity contribution in [2.75, 3.05) is 0 Å². The molecule has 0 bridgehead atoms. The van der Waals surface area contributed by atoms with Crippen LogP contribution >= 0.6 is 0 Å². The number of aromatic hydroxyl groups is 1. The van der Waals surface area contributed by atoms with Gasteiger partial charge in [-0.3, -0.25) is 4.79 Å². The molecule has 1 aromatic heterocycles. The van der Waals surface area contributed by atoms with Crippen LogP contribution in [0.3, 0.4) is 0 Å². The summed E-state index contributed by atoms with van der Waals surface area (Å²) in [5.74, 6) is -0.0896. The van der Waals surface area contributed by atoms with E-state index in [1.807, 2.05) is 0 Å². The molecule has 2 N–H and O–H groups in total. The molecule has 2 aromatic rings. The summed E-state index contributed by atoms with van der Waals surface area (Å²) in [6.45, 7) is 1.81. The number of carbonyl (C=O) groups excluding carboxylic acids is 1. The van der Waals surface area contributed by atoms with Gasteiger partial charge in [0.1, 0.15) is 11.3 Å². The standard InChI is InChI=1S/C18H21NO4/c1-11-14-8-7-13(20)9-16(14)23-18(22)15(11)10-17(21)19-12-5-3-2-4-6-12/h7-9,12,20H,2-6,10H2,1H3,(H,19,21). The van der Waals surface area contributed by atoms with Crippen LogP contribution in [0.4, 0.5) is 0 Å². The number of aryl methyl sites for hydroxylation is 1. The van der Waals surface area contributed by atoms with Gasteiger partial charge in [-0.05, 0) is 37.5 Å². The van der Waals surface area contributed by atoms with Crippen LogP contribution in [0.2, 0.25) is 0 Å². The lowest BCUT2D eigenvalue weighted by atomic mass is 9.95. The van der Waals surface area contributed by atoms with Crippen molar-refractivity contribution >= 4 is 16.9 Å². The molecule has 1 aromatic carbocycles. The molecule has 1 saturated carbocycles. The first-order chi connectivity index (χ1) is 11.0. The molecule has 1 amide bonds. The van der Waals surface area contributed by atoms with Crippen molar-refractivity contribution in [3.63, 3.8) is 0 Å². The van der Waals surface area contributed by atoms with Gasteiger partial charge in [0, 0.05) is 17.5 Å². The Hall–Kier alpha value is -2.30. The number of fused-ring (bicyclic) bond motifs is 1. The third kappa shape index (κ3) is 3.38. The zero-order valence-electron chi connectivity index (χ0n) is 13.2. The van der Waals surface area contributed by atoms with Crippen LogP contribution in [0.5, 0.6) is 5.75 Å². The van der Waals surface area contributed by atoms with Gasteiger partial charge in [0.05, 0.1) is 12.0 Å². The van der Waals surface area contributed by atoms with Gasteiger partial charge in [-0.1, -0.05) is 19.3 Å². The lowest BCUT2D eigenvalue weighted by molar-refractivity contribution is -0.121. The molecule has 0 aliphatic heterocycles. The molecule has 23 heavy (non-hydrogen) atoms. The number of rotatable bonds is 3. The van der Waals surface area contributed by atoms with Crippen LogP contribution in [0, 0.1) is 6.92 Å². The number of nitrogens with one attached hydrogen (secondary N) is 1. The summed E-state index contributed by atoms with van der Waals surface area (Å²) in [7, 11) is 0. The molecule has 0 unspecified atom stereocenters. The fourth-order valence-electron chi connectivity index (χ4n) is 3.27. The van der Waals surface area contributed by atoms with Crippen molar-refractivity contribution in [2.45, 2.75) is 51.5 Å². The minimum absolute atomic E-state index is 0.0292. The first kappa shape index (κ1) is 15.6. The highest BCUT2D eigenvalue weighted by Crippen LogP contribution is 2.23. The molecule has 5 nitrogen and oxygen atoms in total. The van der Waals surface area contributed by atoms with Crippen molar-refractivity contribution in [1.29, 1.82) is 0 Å². The Morgan fingerprint density at radius 3 is 2.78 bits per heavy atom. The van der Waals surface area contributed by atoms with E-state index in [0.717, 1.165) is 36.6 Å². The molecule has 1 aliphatic rings. The van der Waals surface area contributed by atoms with Gasteiger partial charge >= 0.3 is 5.63 Å². The largest absolute Gasteiger partial charge is 0.508 e. The highest BCUT2D eigenvalue weighted by Gasteiger charge is 2.19.